The van der Waals surface area contributed by atoms with E-state index < -0.39 is 11.4 Å². The summed E-state index contributed by atoms with van der Waals surface area (Å²) in [6.45, 7) is 5.56. The minimum absolute atomic E-state index is 0.0674. The summed E-state index contributed by atoms with van der Waals surface area (Å²) in [4.78, 5) is 29.6. The molecular formula is C22H26N4O3. The maximum absolute atomic E-state index is 13.1. The molecule has 0 unspecified atom stereocenters. The average Bonchev–Trinajstić information content (AvgIpc) is 3.02. The van der Waals surface area contributed by atoms with E-state index in [0.717, 1.165) is 5.56 Å². The maximum Gasteiger partial charge on any atom is 0.311 e. The molecule has 0 radical (unpaired) electrons. The van der Waals surface area contributed by atoms with Crippen molar-refractivity contribution >= 4 is 22.9 Å². The van der Waals surface area contributed by atoms with E-state index in [1.807, 2.05) is 51.1 Å². The van der Waals surface area contributed by atoms with Crippen molar-refractivity contribution in [2.75, 3.05) is 6.54 Å². The van der Waals surface area contributed by atoms with E-state index in [9.17, 15) is 14.7 Å². The fourth-order valence-corrected chi connectivity index (χ4v) is 3.60. The van der Waals surface area contributed by atoms with Crippen LogP contribution in [0.15, 0.2) is 36.4 Å². The van der Waals surface area contributed by atoms with Crippen LogP contribution in [0, 0.1) is 12.3 Å². The minimum atomic E-state index is -0.978. The summed E-state index contributed by atoms with van der Waals surface area (Å²) in [6.07, 6.45) is 0.873. The largest absolute Gasteiger partial charge is 0.481 e. The quantitative estimate of drug-likeness (QED) is 0.639. The molecule has 1 amide bonds. The van der Waals surface area contributed by atoms with Crippen molar-refractivity contribution in [3.8, 4) is 11.3 Å². The molecule has 0 bridgehead atoms. The molecule has 152 valence electrons. The van der Waals surface area contributed by atoms with Gasteiger partial charge in [0, 0.05) is 19.2 Å². The first-order chi connectivity index (χ1) is 13.8. The summed E-state index contributed by atoms with van der Waals surface area (Å²) in [5.41, 5.74) is 2.35. The number of nitrogens with zero attached hydrogens (tertiary/aromatic N) is 3. The lowest BCUT2D eigenvalue weighted by Gasteiger charge is -2.26. The van der Waals surface area contributed by atoms with Gasteiger partial charge in [0.25, 0.3) is 5.91 Å². The highest BCUT2D eigenvalue weighted by Crippen LogP contribution is 2.28. The summed E-state index contributed by atoms with van der Waals surface area (Å²) < 4.78 is 1.66. The molecule has 2 N–H and O–H groups in total. The predicted molar refractivity (Wildman–Crippen MR) is 112 cm³/mol. The third-order valence-corrected chi connectivity index (χ3v) is 5.68. The van der Waals surface area contributed by atoms with Crippen molar-refractivity contribution in [1.29, 1.82) is 0 Å². The number of aryl methyl sites for hydroxylation is 2. The zero-order valence-corrected chi connectivity index (χ0v) is 17.2. The number of hydrogen-bond acceptors (Lipinski definition) is 4. The standard InChI is InChI=1S/C22H26N4O3/c1-5-22(6-2,21(28)29)13-23-20(27)16-12-17(15-10-8-7-9-11-15)24-19-18(16)14(3)25-26(19)4/h7-12H,5-6,13H2,1-4H3,(H,23,27)(H,28,29). The Kier molecular flexibility index (Phi) is 5.68. The smallest absolute Gasteiger partial charge is 0.311 e. The number of carbonyl (C=O) groups excluding carboxylic acids is 1. The van der Waals surface area contributed by atoms with E-state index >= 15 is 0 Å². The Morgan fingerprint density at radius 3 is 2.41 bits per heavy atom. The highest BCUT2D eigenvalue weighted by Gasteiger charge is 2.35. The summed E-state index contributed by atoms with van der Waals surface area (Å²) >= 11 is 0. The molecule has 29 heavy (non-hydrogen) atoms. The fourth-order valence-electron chi connectivity index (χ4n) is 3.60. The summed E-state index contributed by atoms with van der Waals surface area (Å²) in [6, 6.07) is 11.4. The molecule has 0 saturated carbocycles. The minimum Gasteiger partial charge on any atom is -0.481 e. The highest BCUT2D eigenvalue weighted by molar-refractivity contribution is 6.07. The van der Waals surface area contributed by atoms with Crippen molar-refractivity contribution in [1.82, 2.24) is 20.1 Å². The maximum atomic E-state index is 13.1. The van der Waals surface area contributed by atoms with Gasteiger partial charge in [0.2, 0.25) is 0 Å². The van der Waals surface area contributed by atoms with Crippen LogP contribution in [-0.4, -0.2) is 38.3 Å². The molecule has 0 fully saturated rings. The van der Waals surface area contributed by atoms with Crippen molar-refractivity contribution < 1.29 is 14.7 Å². The number of benzene rings is 1. The van der Waals surface area contributed by atoms with Crippen LogP contribution in [0.4, 0.5) is 0 Å². The molecule has 0 saturated heterocycles. The van der Waals surface area contributed by atoms with Crippen LogP contribution in [0.2, 0.25) is 0 Å². The normalized spacial score (nSPS) is 11.6. The fraction of sp³-hybridized carbons (Fsp3) is 0.364. The molecule has 0 aliphatic carbocycles. The van der Waals surface area contributed by atoms with Crippen LogP contribution in [-0.2, 0) is 11.8 Å². The topological polar surface area (TPSA) is 97.1 Å². The molecule has 7 heteroatoms. The number of fused-ring (bicyclic) bond motifs is 1. The van der Waals surface area contributed by atoms with Gasteiger partial charge in [0.15, 0.2) is 5.65 Å². The van der Waals surface area contributed by atoms with Gasteiger partial charge in [0.05, 0.1) is 27.8 Å². The average molecular weight is 394 g/mol. The monoisotopic (exact) mass is 394 g/mol. The Labute approximate surface area is 169 Å². The zero-order chi connectivity index (χ0) is 21.2. The molecule has 7 nitrogen and oxygen atoms in total. The van der Waals surface area contributed by atoms with Crippen LogP contribution in [0.3, 0.4) is 0 Å². The Balaban J connectivity index is 2.05. The van der Waals surface area contributed by atoms with Crippen LogP contribution in [0.5, 0.6) is 0 Å². The Bertz CT molecular complexity index is 1050. The van der Waals surface area contributed by atoms with Crippen LogP contribution in [0.25, 0.3) is 22.3 Å². The first-order valence-electron chi connectivity index (χ1n) is 9.74. The number of carboxylic acids is 1. The summed E-state index contributed by atoms with van der Waals surface area (Å²) in [5, 5.41) is 17.6. The molecule has 0 spiro atoms. The lowest BCUT2D eigenvalue weighted by atomic mass is 9.82. The van der Waals surface area contributed by atoms with Gasteiger partial charge in [-0.25, -0.2) is 4.98 Å². The molecule has 3 aromatic rings. The van der Waals surface area contributed by atoms with Gasteiger partial charge in [-0.3, -0.25) is 14.3 Å². The Morgan fingerprint density at radius 1 is 1.17 bits per heavy atom. The van der Waals surface area contributed by atoms with Gasteiger partial charge in [0.1, 0.15) is 0 Å². The van der Waals surface area contributed by atoms with E-state index in [4.69, 9.17) is 4.98 Å². The number of nitrogens with one attached hydrogen (secondary N) is 1. The Morgan fingerprint density at radius 2 is 1.83 bits per heavy atom. The molecule has 3 rings (SSSR count). The number of rotatable bonds is 7. The second-order valence-electron chi connectivity index (χ2n) is 7.30. The highest BCUT2D eigenvalue weighted by atomic mass is 16.4. The van der Waals surface area contributed by atoms with Gasteiger partial charge < -0.3 is 10.4 Å². The van der Waals surface area contributed by atoms with Gasteiger partial charge in [-0.05, 0) is 25.8 Å². The third-order valence-electron chi connectivity index (χ3n) is 5.68. The van der Waals surface area contributed by atoms with E-state index in [1.54, 1.807) is 17.8 Å². The van der Waals surface area contributed by atoms with Gasteiger partial charge in [-0.2, -0.15) is 5.10 Å². The van der Waals surface area contributed by atoms with Crippen LogP contribution in [0.1, 0.15) is 42.7 Å². The van der Waals surface area contributed by atoms with Crippen molar-refractivity contribution in [2.24, 2.45) is 12.5 Å². The van der Waals surface area contributed by atoms with E-state index in [2.05, 4.69) is 10.4 Å². The number of carboxylic acid groups (broad SMARTS) is 1. The predicted octanol–water partition coefficient (Wildman–Crippen LogP) is 3.56. The first kappa shape index (κ1) is 20.5. The molecule has 1 aromatic carbocycles. The van der Waals surface area contributed by atoms with Crippen molar-refractivity contribution in [2.45, 2.75) is 33.6 Å². The van der Waals surface area contributed by atoms with Gasteiger partial charge in [-0.1, -0.05) is 44.2 Å². The summed E-state index contributed by atoms with van der Waals surface area (Å²) in [5.74, 6) is -1.22. The molecule has 0 aliphatic heterocycles. The van der Waals surface area contributed by atoms with Crippen LogP contribution >= 0.6 is 0 Å². The zero-order valence-electron chi connectivity index (χ0n) is 17.2. The van der Waals surface area contributed by atoms with E-state index in [-0.39, 0.29) is 12.5 Å². The van der Waals surface area contributed by atoms with Crippen molar-refractivity contribution in [3.63, 3.8) is 0 Å². The lowest BCUT2D eigenvalue weighted by Crippen LogP contribution is -2.42. The SMILES string of the molecule is CCC(CC)(CNC(=O)c1cc(-c2ccccc2)nc2c1c(C)nn2C)C(=O)O. The molecule has 0 atom stereocenters. The summed E-state index contributed by atoms with van der Waals surface area (Å²) in [7, 11) is 1.79. The van der Waals surface area contributed by atoms with E-state index in [1.165, 1.54) is 0 Å². The number of carbonyl (C=O) groups is 2. The lowest BCUT2D eigenvalue weighted by molar-refractivity contribution is -0.149. The number of amides is 1. The first-order valence-corrected chi connectivity index (χ1v) is 9.74. The van der Waals surface area contributed by atoms with Gasteiger partial charge >= 0.3 is 5.97 Å². The number of aromatic nitrogens is 3. The molecule has 0 aliphatic rings. The van der Waals surface area contributed by atoms with E-state index in [0.29, 0.717) is 40.8 Å². The molecule has 2 heterocycles. The van der Waals surface area contributed by atoms with Gasteiger partial charge in [-0.15, -0.1) is 0 Å². The molecular weight excluding hydrogens is 368 g/mol. The number of hydrogen-bond donors (Lipinski definition) is 2. The number of pyridine rings is 1. The number of aliphatic carboxylic acids is 1. The third kappa shape index (κ3) is 3.72. The van der Waals surface area contributed by atoms with Crippen LogP contribution < -0.4 is 5.32 Å². The van der Waals surface area contributed by atoms with Crippen molar-refractivity contribution in [3.05, 3.63) is 47.7 Å². The second kappa shape index (κ2) is 8.03. The second-order valence-corrected chi connectivity index (χ2v) is 7.30. The molecule has 2 aromatic heterocycles. The Hall–Kier alpha value is -3.22.